The second-order valence-electron chi connectivity index (χ2n) is 5.56. The van der Waals surface area contributed by atoms with Crippen molar-refractivity contribution in [3.05, 3.63) is 0 Å². The van der Waals surface area contributed by atoms with Crippen LogP contribution < -0.4 is 5.73 Å². The monoisotopic (exact) mass is 241 g/mol. The first-order chi connectivity index (χ1) is 7.95. The van der Waals surface area contributed by atoms with Crippen LogP contribution in [-0.4, -0.2) is 54.5 Å². The van der Waals surface area contributed by atoms with Crippen molar-refractivity contribution in [3.63, 3.8) is 0 Å². The van der Waals surface area contributed by atoms with Crippen molar-refractivity contribution in [1.82, 2.24) is 9.80 Å². The summed E-state index contributed by atoms with van der Waals surface area (Å²) in [6.45, 7) is 8.98. The van der Waals surface area contributed by atoms with Gasteiger partial charge in [-0.25, -0.2) is 0 Å². The molecule has 100 valence electrons. The fourth-order valence-electron chi connectivity index (χ4n) is 2.43. The number of hydrogen-bond acceptors (Lipinski definition) is 3. The van der Waals surface area contributed by atoms with Crippen LogP contribution in [0.1, 0.15) is 33.6 Å². The van der Waals surface area contributed by atoms with Crippen molar-refractivity contribution in [2.24, 2.45) is 11.7 Å². The van der Waals surface area contributed by atoms with Crippen LogP contribution in [0.15, 0.2) is 0 Å². The lowest BCUT2D eigenvalue weighted by atomic mass is 10.0. The van der Waals surface area contributed by atoms with Crippen LogP contribution in [0.25, 0.3) is 0 Å². The van der Waals surface area contributed by atoms with Crippen molar-refractivity contribution < 1.29 is 4.79 Å². The molecule has 1 heterocycles. The number of carbonyl (C=O) groups excluding carboxylic acids is 1. The quantitative estimate of drug-likeness (QED) is 0.796. The molecule has 0 spiro atoms. The van der Waals surface area contributed by atoms with Crippen LogP contribution in [0.4, 0.5) is 0 Å². The zero-order chi connectivity index (χ0) is 13.0. The van der Waals surface area contributed by atoms with Gasteiger partial charge in [0.25, 0.3) is 0 Å². The molecule has 0 aliphatic carbocycles. The minimum atomic E-state index is -0.323. The van der Waals surface area contributed by atoms with Gasteiger partial charge < -0.3 is 10.6 Å². The Balaban J connectivity index is 2.52. The predicted octanol–water partition coefficient (Wildman–Crippen LogP) is 0.912. The normalized spacial score (nSPS) is 24.1. The Morgan fingerprint density at radius 3 is 2.59 bits per heavy atom. The van der Waals surface area contributed by atoms with Gasteiger partial charge in [-0.3, -0.25) is 9.69 Å². The van der Waals surface area contributed by atoms with Gasteiger partial charge in [-0.15, -0.1) is 0 Å². The highest BCUT2D eigenvalue weighted by atomic mass is 16.2. The zero-order valence-corrected chi connectivity index (χ0v) is 11.6. The van der Waals surface area contributed by atoms with E-state index >= 15 is 0 Å². The summed E-state index contributed by atoms with van der Waals surface area (Å²) < 4.78 is 0. The number of likely N-dealkylation sites (N-methyl/N-ethyl adjacent to an activating group) is 1. The predicted molar refractivity (Wildman–Crippen MR) is 70.7 cm³/mol. The fraction of sp³-hybridized carbons (Fsp3) is 0.923. The molecule has 1 amide bonds. The Labute approximate surface area is 105 Å². The molecule has 1 unspecified atom stereocenters. The number of amides is 1. The van der Waals surface area contributed by atoms with Gasteiger partial charge in [-0.2, -0.15) is 0 Å². The average molecular weight is 241 g/mol. The molecule has 0 aromatic carbocycles. The van der Waals surface area contributed by atoms with Crippen molar-refractivity contribution in [2.75, 3.05) is 26.7 Å². The summed E-state index contributed by atoms with van der Waals surface area (Å²) in [6.07, 6.45) is 1.86. The minimum Gasteiger partial charge on any atom is -0.338 e. The Bertz CT molecular complexity index is 255. The van der Waals surface area contributed by atoms with Gasteiger partial charge in [0.15, 0.2) is 0 Å². The van der Waals surface area contributed by atoms with Crippen molar-refractivity contribution >= 4 is 5.91 Å². The highest BCUT2D eigenvalue weighted by molar-refractivity contribution is 5.81. The molecular formula is C13H27N3O. The third kappa shape index (κ3) is 3.96. The first-order valence-electron chi connectivity index (χ1n) is 6.70. The molecule has 1 saturated heterocycles. The Hall–Kier alpha value is -0.610. The molecule has 0 aromatic rings. The number of nitrogens with zero attached hydrogens (tertiary/aromatic N) is 2. The fourth-order valence-corrected chi connectivity index (χ4v) is 2.43. The van der Waals surface area contributed by atoms with Gasteiger partial charge in [-0.1, -0.05) is 20.8 Å². The molecule has 4 heteroatoms. The van der Waals surface area contributed by atoms with E-state index in [9.17, 15) is 4.79 Å². The number of nitrogens with two attached hydrogens (primary N) is 1. The van der Waals surface area contributed by atoms with Crippen LogP contribution in [0.2, 0.25) is 0 Å². The zero-order valence-electron chi connectivity index (χ0n) is 11.6. The topological polar surface area (TPSA) is 49.6 Å². The summed E-state index contributed by atoms with van der Waals surface area (Å²) in [5.41, 5.74) is 5.97. The van der Waals surface area contributed by atoms with Crippen LogP contribution in [0.3, 0.4) is 0 Å². The standard InChI is InChI=1S/C13H27N3O/c1-5-11-9-16(7-6-15(11)4)13(17)12(14)8-10(2)3/h10-12H,5-9,14H2,1-4H3/t11?,12-/m0/s1. The molecule has 0 aromatic heterocycles. The Kier molecular flexibility index (Phi) is 5.40. The molecule has 0 saturated carbocycles. The summed E-state index contributed by atoms with van der Waals surface area (Å²) >= 11 is 0. The summed E-state index contributed by atoms with van der Waals surface area (Å²) in [4.78, 5) is 16.5. The van der Waals surface area contributed by atoms with E-state index in [2.05, 4.69) is 32.7 Å². The van der Waals surface area contributed by atoms with E-state index in [-0.39, 0.29) is 11.9 Å². The largest absolute Gasteiger partial charge is 0.338 e. The van der Waals surface area contributed by atoms with Gasteiger partial charge in [0, 0.05) is 25.7 Å². The lowest BCUT2D eigenvalue weighted by Gasteiger charge is -2.40. The van der Waals surface area contributed by atoms with E-state index in [1.54, 1.807) is 0 Å². The Morgan fingerprint density at radius 1 is 1.41 bits per heavy atom. The summed E-state index contributed by atoms with van der Waals surface area (Å²) in [5.74, 6) is 0.605. The Morgan fingerprint density at radius 2 is 2.06 bits per heavy atom. The molecule has 17 heavy (non-hydrogen) atoms. The number of carbonyl (C=O) groups is 1. The molecular weight excluding hydrogens is 214 g/mol. The van der Waals surface area contributed by atoms with Crippen molar-refractivity contribution in [3.8, 4) is 0 Å². The lowest BCUT2D eigenvalue weighted by molar-refractivity contribution is -0.135. The summed E-state index contributed by atoms with van der Waals surface area (Å²) in [7, 11) is 2.13. The molecule has 2 N–H and O–H groups in total. The molecule has 2 atom stereocenters. The third-order valence-corrected chi connectivity index (χ3v) is 3.60. The van der Waals surface area contributed by atoms with E-state index < -0.39 is 0 Å². The highest BCUT2D eigenvalue weighted by Gasteiger charge is 2.28. The molecule has 0 bridgehead atoms. The van der Waals surface area contributed by atoms with E-state index in [0.29, 0.717) is 12.0 Å². The summed E-state index contributed by atoms with van der Waals surface area (Å²) in [6, 6.07) is 0.162. The molecule has 0 radical (unpaired) electrons. The maximum Gasteiger partial charge on any atom is 0.239 e. The number of rotatable bonds is 4. The average Bonchev–Trinajstić information content (AvgIpc) is 2.27. The molecule has 1 aliphatic rings. The second kappa shape index (κ2) is 6.36. The molecule has 1 aliphatic heterocycles. The van der Waals surface area contributed by atoms with Gasteiger partial charge in [0.2, 0.25) is 5.91 Å². The van der Waals surface area contributed by atoms with E-state index in [0.717, 1.165) is 32.5 Å². The number of piperazine rings is 1. The molecule has 1 rings (SSSR count). The van der Waals surface area contributed by atoms with Gasteiger partial charge in [0.1, 0.15) is 0 Å². The van der Waals surface area contributed by atoms with E-state index in [1.165, 1.54) is 0 Å². The maximum absolute atomic E-state index is 12.2. The van der Waals surface area contributed by atoms with E-state index in [4.69, 9.17) is 5.73 Å². The smallest absolute Gasteiger partial charge is 0.239 e. The maximum atomic E-state index is 12.2. The van der Waals surface area contributed by atoms with Crippen molar-refractivity contribution in [1.29, 1.82) is 0 Å². The van der Waals surface area contributed by atoms with Gasteiger partial charge in [0.05, 0.1) is 6.04 Å². The van der Waals surface area contributed by atoms with Crippen LogP contribution in [0.5, 0.6) is 0 Å². The van der Waals surface area contributed by atoms with Gasteiger partial charge >= 0.3 is 0 Å². The SMILES string of the molecule is CCC1CN(C(=O)[C@@H](N)CC(C)C)CCN1C. The second-order valence-corrected chi connectivity index (χ2v) is 5.56. The number of hydrogen-bond donors (Lipinski definition) is 1. The third-order valence-electron chi connectivity index (χ3n) is 3.60. The van der Waals surface area contributed by atoms with Crippen LogP contribution in [0, 0.1) is 5.92 Å². The van der Waals surface area contributed by atoms with E-state index in [1.807, 2.05) is 4.90 Å². The lowest BCUT2D eigenvalue weighted by Crippen LogP contribution is -2.56. The van der Waals surface area contributed by atoms with Gasteiger partial charge in [-0.05, 0) is 25.8 Å². The molecule has 1 fully saturated rings. The molecule has 4 nitrogen and oxygen atoms in total. The first kappa shape index (κ1) is 14.5. The minimum absolute atomic E-state index is 0.130. The summed E-state index contributed by atoms with van der Waals surface area (Å²) in [5, 5.41) is 0. The first-order valence-corrected chi connectivity index (χ1v) is 6.70. The highest BCUT2D eigenvalue weighted by Crippen LogP contribution is 2.13. The van der Waals surface area contributed by atoms with Crippen LogP contribution >= 0.6 is 0 Å². The van der Waals surface area contributed by atoms with Crippen molar-refractivity contribution in [2.45, 2.75) is 45.7 Å². The van der Waals surface area contributed by atoms with Crippen LogP contribution in [-0.2, 0) is 4.79 Å².